The molecule has 2 aliphatic rings. The Labute approximate surface area is 181 Å². The molecule has 0 bridgehead atoms. The highest BCUT2D eigenvalue weighted by Gasteiger charge is 2.49. The molecule has 0 saturated carbocycles. The van der Waals surface area contributed by atoms with Crippen molar-refractivity contribution in [2.45, 2.75) is 38.2 Å². The zero-order chi connectivity index (χ0) is 21.1. The second kappa shape index (κ2) is 8.99. The Morgan fingerprint density at radius 1 is 0.967 bits per heavy atom. The summed E-state index contributed by atoms with van der Waals surface area (Å²) in [4.78, 5) is 12.2. The van der Waals surface area contributed by atoms with E-state index in [1.807, 2.05) is 44.2 Å². The van der Waals surface area contributed by atoms with Crippen LogP contribution in [0.3, 0.4) is 0 Å². The molecular formula is C22H25N3O4S. The lowest BCUT2D eigenvalue weighted by Gasteiger charge is -2.20. The van der Waals surface area contributed by atoms with E-state index in [-0.39, 0.29) is 24.9 Å². The first kappa shape index (κ1) is 20.6. The number of ether oxygens (including phenoxy) is 3. The van der Waals surface area contributed by atoms with Crippen LogP contribution in [0.5, 0.6) is 0 Å². The summed E-state index contributed by atoms with van der Waals surface area (Å²) in [6.45, 7) is 4.80. The summed E-state index contributed by atoms with van der Waals surface area (Å²) in [5.74, 6) is 0. The summed E-state index contributed by atoms with van der Waals surface area (Å²) < 4.78 is 17.3. The van der Waals surface area contributed by atoms with Gasteiger partial charge in [0, 0.05) is 11.4 Å². The minimum atomic E-state index is -0.525. The van der Waals surface area contributed by atoms with E-state index in [9.17, 15) is 4.79 Å². The lowest BCUT2D eigenvalue weighted by Crippen LogP contribution is -2.46. The topological polar surface area (TPSA) is 80.8 Å². The third-order valence-electron chi connectivity index (χ3n) is 5.08. The van der Waals surface area contributed by atoms with Gasteiger partial charge in [-0.3, -0.25) is 5.32 Å². The van der Waals surface area contributed by atoms with Crippen LogP contribution in [0.15, 0.2) is 48.5 Å². The lowest BCUT2D eigenvalue weighted by atomic mass is 10.1. The van der Waals surface area contributed by atoms with Crippen LogP contribution in [0.4, 0.5) is 16.2 Å². The summed E-state index contributed by atoms with van der Waals surface area (Å²) in [6, 6.07) is 15.2. The van der Waals surface area contributed by atoms with Crippen LogP contribution >= 0.6 is 12.2 Å². The van der Waals surface area contributed by atoms with E-state index in [0.717, 1.165) is 16.8 Å². The summed E-state index contributed by atoms with van der Waals surface area (Å²) >= 11 is 5.46. The number of amides is 1. The zero-order valence-electron chi connectivity index (χ0n) is 16.9. The van der Waals surface area contributed by atoms with E-state index >= 15 is 0 Å². The number of para-hydroxylation sites is 1. The van der Waals surface area contributed by atoms with Crippen LogP contribution in [-0.2, 0) is 14.2 Å². The van der Waals surface area contributed by atoms with Crippen LogP contribution < -0.4 is 16.0 Å². The quantitative estimate of drug-likeness (QED) is 0.646. The van der Waals surface area contributed by atoms with Crippen molar-refractivity contribution < 1.29 is 19.0 Å². The molecule has 0 aromatic heterocycles. The summed E-state index contributed by atoms with van der Waals surface area (Å²) in [7, 11) is 0. The highest BCUT2D eigenvalue weighted by Crippen LogP contribution is 2.29. The predicted molar refractivity (Wildman–Crippen MR) is 119 cm³/mol. The van der Waals surface area contributed by atoms with Crippen molar-refractivity contribution in [2.24, 2.45) is 0 Å². The Balaban J connectivity index is 1.29. The van der Waals surface area contributed by atoms with Crippen LogP contribution in [0, 0.1) is 13.8 Å². The molecule has 2 aromatic rings. The number of anilines is 2. The normalized spacial score (nSPS) is 24.7. The molecule has 4 rings (SSSR count). The van der Waals surface area contributed by atoms with Gasteiger partial charge < -0.3 is 24.8 Å². The number of rotatable bonds is 4. The Hall–Kier alpha value is -2.68. The van der Waals surface area contributed by atoms with Gasteiger partial charge in [0.2, 0.25) is 0 Å². The van der Waals surface area contributed by atoms with Gasteiger partial charge >= 0.3 is 6.09 Å². The van der Waals surface area contributed by atoms with Gasteiger partial charge in [0.1, 0.15) is 12.2 Å². The molecule has 0 spiro atoms. The Bertz CT molecular complexity index is 904. The molecule has 2 aliphatic heterocycles. The van der Waals surface area contributed by atoms with Crippen LogP contribution in [-0.4, -0.2) is 48.8 Å². The zero-order valence-corrected chi connectivity index (χ0v) is 17.7. The van der Waals surface area contributed by atoms with Gasteiger partial charge in [-0.25, -0.2) is 4.79 Å². The molecule has 2 aromatic carbocycles. The molecule has 8 heteroatoms. The van der Waals surface area contributed by atoms with E-state index < -0.39 is 12.2 Å². The minimum absolute atomic E-state index is 0.119. The van der Waals surface area contributed by atoms with Gasteiger partial charge in [0.25, 0.3) is 0 Å². The van der Waals surface area contributed by atoms with Crippen LogP contribution in [0.1, 0.15) is 11.1 Å². The van der Waals surface area contributed by atoms with Gasteiger partial charge in [-0.1, -0.05) is 24.3 Å². The first-order valence-corrected chi connectivity index (χ1v) is 10.3. The first-order valence-electron chi connectivity index (χ1n) is 9.89. The van der Waals surface area contributed by atoms with Gasteiger partial charge in [-0.05, 0) is 61.5 Å². The number of carbonyl (C=O) groups excluding carboxylic acids is 1. The fourth-order valence-corrected chi connectivity index (χ4v) is 4.15. The fourth-order valence-electron chi connectivity index (χ4n) is 3.88. The highest BCUT2D eigenvalue weighted by molar-refractivity contribution is 7.80. The molecule has 0 radical (unpaired) electrons. The van der Waals surface area contributed by atoms with E-state index in [1.54, 1.807) is 12.1 Å². The van der Waals surface area contributed by atoms with E-state index in [2.05, 4.69) is 22.0 Å². The molecule has 0 unspecified atom stereocenters. The number of carbonyl (C=O) groups is 1. The highest BCUT2D eigenvalue weighted by atomic mass is 32.1. The number of nitrogens with one attached hydrogen (secondary N) is 3. The second-order valence-electron chi connectivity index (χ2n) is 7.61. The first-order chi connectivity index (χ1) is 14.5. The number of aryl methyl sites for hydroxylation is 2. The molecule has 2 heterocycles. The molecule has 7 nitrogen and oxygen atoms in total. The molecule has 2 fully saturated rings. The number of hydrogen-bond acceptors (Lipinski definition) is 5. The molecular weight excluding hydrogens is 402 g/mol. The number of benzene rings is 2. The second-order valence-corrected chi connectivity index (χ2v) is 8.02. The maximum Gasteiger partial charge on any atom is 0.412 e. The lowest BCUT2D eigenvalue weighted by molar-refractivity contribution is 0.00880. The van der Waals surface area contributed by atoms with Crippen LogP contribution in [0.25, 0.3) is 0 Å². The van der Waals surface area contributed by atoms with Crippen molar-refractivity contribution in [1.29, 1.82) is 0 Å². The van der Waals surface area contributed by atoms with E-state index in [1.165, 1.54) is 0 Å². The average Bonchev–Trinajstić information content (AvgIpc) is 3.25. The van der Waals surface area contributed by atoms with Crippen molar-refractivity contribution in [2.75, 3.05) is 23.8 Å². The van der Waals surface area contributed by atoms with Gasteiger partial charge in [-0.15, -0.1) is 0 Å². The molecule has 3 N–H and O–H groups in total. The Morgan fingerprint density at radius 3 is 2.40 bits per heavy atom. The number of hydrogen-bond donors (Lipinski definition) is 3. The third kappa shape index (κ3) is 4.89. The fraction of sp³-hybridized carbons (Fsp3) is 0.364. The van der Waals surface area contributed by atoms with Crippen molar-refractivity contribution >= 4 is 34.8 Å². The Kier molecular flexibility index (Phi) is 6.17. The van der Waals surface area contributed by atoms with Gasteiger partial charge in [0.15, 0.2) is 11.2 Å². The van der Waals surface area contributed by atoms with E-state index in [0.29, 0.717) is 17.4 Å². The molecule has 1 amide bonds. The summed E-state index contributed by atoms with van der Waals surface area (Å²) in [5, 5.41) is 9.69. The summed E-state index contributed by atoms with van der Waals surface area (Å²) in [5.41, 5.74) is 3.94. The van der Waals surface area contributed by atoms with Gasteiger partial charge in [-0.2, -0.15) is 0 Å². The molecule has 4 atom stereocenters. The number of fused-ring (bicyclic) bond motifs is 1. The molecule has 0 aliphatic carbocycles. The average molecular weight is 428 g/mol. The van der Waals surface area contributed by atoms with Crippen molar-refractivity contribution in [3.63, 3.8) is 0 Å². The molecule has 158 valence electrons. The maximum atomic E-state index is 12.2. The predicted octanol–water partition coefficient (Wildman–Crippen LogP) is 3.37. The molecule has 2 saturated heterocycles. The third-order valence-corrected chi connectivity index (χ3v) is 5.30. The minimum Gasteiger partial charge on any atom is -0.441 e. The maximum absolute atomic E-state index is 12.2. The van der Waals surface area contributed by atoms with E-state index in [4.69, 9.17) is 26.4 Å². The Morgan fingerprint density at radius 2 is 1.67 bits per heavy atom. The summed E-state index contributed by atoms with van der Waals surface area (Å²) in [6.07, 6.45) is -1.56. The van der Waals surface area contributed by atoms with Crippen molar-refractivity contribution in [1.82, 2.24) is 5.32 Å². The number of thiocarbonyl (C=S) groups is 1. The molecule has 30 heavy (non-hydrogen) atoms. The van der Waals surface area contributed by atoms with Gasteiger partial charge in [0.05, 0.1) is 19.3 Å². The smallest absolute Gasteiger partial charge is 0.412 e. The standard InChI is InChI=1S/C22H25N3O4S/c1-13-8-14(2)10-16(9-13)23-21(30)25-17-11-27-20-18(12-28-19(17)20)29-22(26)24-15-6-4-3-5-7-15/h3-10,17-20H,11-12H2,1-2H3,(H,24,26)(H2,23,25,30)/t17-,18+,19+,20+/m0/s1. The van der Waals surface area contributed by atoms with Crippen molar-refractivity contribution in [3.8, 4) is 0 Å². The van der Waals surface area contributed by atoms with Crippen molar-refractivity contribution in [3.05, 3.63) is 59.7 Å². The monoisotopic (exact) mass is 427 g/mol. The van der Waals surface area contributed by atoms with Crippen LogP contribution in [0.2, 0.25) is 0 Å². The SMILES string of the molecule is Cc1cc(C)cc(NC(=S)N[C@H]2CO[C@H]3[C@@H]2OC[C@H]3OC(=O)Nc2ccccc2)c1. The largest absolute Gasteiger partial charge is 0.441 e.